The maximum Gasteiger partial charge on any atom is 0.234 e. The number of rotatable bonds is 6. The molecule has 5 rings (SSSR count). The molecule has 0 fully saturated rings. The molecule has 7 nitrogen and oxygen atoms in total. The average Bonchev–Trinajstić information content (AvgIpc) is 2.89. The molecule has 2 aromatic carbocycles. The zero-order chi connectivity index (χ0) is 27.0. The number of carbonyl (C=O) groups excluding carboxylic acids is 1. The number of carbonyl (C=O) groups is 1. The molecular formula is C29H27FN4O3S. The van der Waals surface area contributed by atoms with Crippen LogP contribution in [0.3, 0.4) is 0 Å². The first-order chi connectivity index (χ1) is 18.2. The Balaban J connectivity index is 1.49. The molecule has 0 radical (unpaired) electrons. The minimum absolute atomic E-state index is 0.119. The lowest BCUT2D eigenvalue weighted by molar-refractivity contribution is -0.113. The van der Waals surface area contributed by atoms with Crippen molar-refractivity contribution in [2.75, 3.05) is 11.1 Å². The van der Waals surface area contributed by atoms with Crippen molar-refractivity contribution in [2.45, 2.75) is 45.7 Å². The molecule has 0 bridgehead atoms. The molecule has 1 aliphatic heterocycles. The highest BCUT2D eigenvalue weighted by Crippen LogP contribution is 2.42. The van der Waals surface area contributed by atoms with E-state index in [1.54, 1.807) is 18.3 Å². The zero-order valence-electron chi connectivity index (χ0n) is 21.6. The first kappa shape index (κ1) is 25.8. The van der Waals surface area contributed by atoms with Crippen LogP contribution in [-0.4, -0.2) is 31.7 Å². The van der Waals surface area contributed by atoms with Gasteiger partial charge in [0.05, 0.1) is 23.6 Å². The third-order valence-electron chi connectivity index (χ3n) is 6.44. The minimum atomic E-state index is -0.358. The third-order valence-corrected chi connectivity index (χ3v) is 7.46. The number of ether oxygens (including phenoxy) is 1. The Hall–Kier alpha value is -3.82. The molecule has 0 saturated heterocycles. The number of aliphatic hydroxyl groups excluding tert-OH is 1. The van der Waals surface area contributed by atoms with E-state index in [4.69, 9.17) is 9.72 Å². The number of halogens is 1. The number of aliphatic hydroxyl groups is 1. The second-order valence-corrected chi connectivity index (χ2v) is 10.3. The lowest BCUT2D eigenvalue weighted by Crippen LogP contribution is -2.17. The normalized spacial score (nSPS) is 11.9. The lowest BCUT2D eigenvalue weighted by Gasteiger charge is -2.24. The number of fused-ring (bicyclic) bond motifs is 2. The second-order valence-electron chi connectivity index (χ2n) is 9.37. The third kappa shape index (κ3) is 5.12. The van der Waals surface area contributed by atoms with E-state index in [1.165, 1.54) is 23.9 Å². The molecule has 4 aromatic rings. The van der Waals surface area contributed by atoms with E-state index in [-0.39, 0.29) is 24.1 Å². The first-order valence-corrected chi connectivity index (χ1v) is 13.2. The maximum atomic E-state index is 13.6. The van der Waals surface area contributed by atoms with Gasteiger partial charge in [-0.2, -0.15) is 4.98 Å². The van der Waals surface area contributed by atoms with Gasteiger partial charge in [0, 0.05) is 35.0 Å². The van der Waals surface area contributed by atoms with Crippen molar-refractivity contribution in [3.05, 3.63) is 87.5 Å². The number of pyridine rings is 1. The highest BCUT2D eigenvalue weighted by molar-refractivity contribution is 8.00. The number of anilines is 1. The maximum absolute atomic E-state index is 13.6. The molecule has 0 spiro atoms. The van der Waals surface area contributed by atoms with Crippen molar-refractivity contribution in [1.29, 1.82) is 0 Å². The fraction of sp³-hybridized carbons (Fsp3) is 0.241. The van der Waals surface area contributed by atoms with Crippen LogP contribution in [0.2, 0.25) is 0 Å². The summed E-state index contributed by atoms with van der Waals surface area (Å²) >= 11 is 1.29. The monoisotopic (exact) mass is 530 g/mol. The number of nitrogens with one attached hydrogen (secondary N) is 1. The van der Waals surface area contributed by atoms with Crippen LogP contribution in [0, 0.1) is 33.5 Å². The molecule has 38 heavy (non-hydrogen) atoms. The van der Waals surface area contributed by atoms with E-state index in [0.717, 1.165) is 33.5 Å². The zero-order valence-corrected chi connectivity index (χ0v) is 22.4. The molecule has 2 N–H and O–H groups in total. The molecule has 3 heterocycles. The van der Waals surface area contributed by atoms with Gasteiger partial charge in [-0.25, -0.2) is 9.37 Å². The van der Waals surface area contributed by atoms with E-state index >= 15 is 0 Å². The largest absolute Gasteiger partial charge is 0.436 e. The molecule has 2 aromatic heterocycles. The molecule has 1 amide bonds. The van der Waals surface area contributed by atoms with Crippen molar-refractivity contribution < 1.29 is 19.0 Å². The summed E-state index contributed by atoms with van der Waals surface area (Å²) in [5, 5.41) is 13.5. The summed E-state index contributed by atoms with van der Waals surface area (Å²) in [6, 6.07) is 9.99. The van der Waals surface area contributed by atoms with Gasteiger partial charge in [-0.3, -0.25) is 9.78 Å². The summed E-state index contributed by atoms with van der Waals surface area (Å²) in [5.74, 6) is 0.891. The fourth-order valence-electron chi connectivity index (χ4n) is 4.63. The van der Waals surface area contributed by atoms with E-state index < -0.39 is 0 Å². The van der Waals surface area contributed by atoms with Crippen LogP contribution in [0.25, 0.3) is 11.4 Å². The van der Waals surface area contributed by atoms with Crippen molar-refractivity contribution in [1.82, 2.24) is 15.0 Å². The van der Waals surface area contributed by atoms with Gasteiger partial charge in [-0.05, 0) is 63.1 Å². The first-order valence-electron chi connectivity index (χ1n) is 12.2. The van der Waals surface area contributed by atoms with E-state index in [9.17, 15) is 14.3 Å². The lowest BCUT2D eigenvalue weighted by atomic mass is 9.99. The van der Waals surface area contributed by atoms with Crippen LogP contribution in [0.15, 0.2) is 47.6 Å². The standard InChI is InChI=1S/C29H27FN4O3S/c1-15-9-16(2)25(17(3)10-15)32-24(36)14-38-29-23-11-22-20(13-35)12-31-18(4)26(22)37-28(23)33-27(34-29)19-5-7-21(30)8-6-19/h5-10,12,35H,11,13-14H2,1-4H3,(H,32,36). The van der Waals surface area contributed by atoms with Gasteiger partial charge in [0.15, 0.2) is 11.6 Å². The second kappa shape index (κ2) is 10.5. The van der Waals surface area contributed by atoms with Gasteiger partial charge in [-0.1, -0.05) is 29.5 Å². The summed E-state index contributed by atoms with van der Waals surface area (Å²) in [6.45, 7) is 7.63. The molecular weight excluding hydrogens is 503 g/mol. The summed E-state index contributed by atoms with van der Waals surface area (Å²) in [6.07, 6.45) is 2.07. The molecule has 0 aliphatic carbocycles. The van der Waals surface area contributed by atoms with E-state index in [2.05, 4.69) is 15.3 Å². The summed E-state index contributed by atoms with van der Waals surface area (Å²) in [5.41, 5.74) is 7.48. The minimum Gasteiger partial charge on any atom is -0.436 e. The van der Waals surface area contributed by atoms with Crippen molar-refractivity contribution >= 4 is 23.4 Å². The number of hydrogen-bond acceptors (Lipinski definition) is 7. The number of aromatic nitrogens is 3. The molecule has 1 aliphatic rings. The highest BCUT2D eigenvalue weighted by Gasteiger charge is 2.28. The topological polar surface area (TPSA) is 97.2 Å². The van der Waals surface area contributed by atoms with Gasteiger partial charge in [0.1, 0.15) is 10.8 Å². The van der Waals surface area contributed by atoms with Gasteiger partial charge < -0.3 is 15.2 Å². The van der Waals surface area contributed by atoms with E-state index in [1.807, 2.05) is 39.8 Å². The van der Waals surface area contributed by atoms with Crippen molar-refractivity contribution in [3.63, 3.8) is 0 Å². The van der Waals surface area contributed by atoms with Crippen LogP contribution in [-0.2, 0) is 17.8 Å². The smallest absolute Gasteiger partial charge is 0.234 e. The van der Waals surface area contributed by atoms with Crippen LogP contribution in [0.1, 0.15) is 39.1 Å². The Morgan fingerprint density at radius 1 is 1.08 bits per heavy atom. The van der Waals surface area contributed by atoms with Crippen molar-refractivity contribution in [3.8, 4) is 23.0 Å². The average molecular weight is 531 g/mol. The van der Waals surface area contributed by atoms with Gasteiger partial charge in [0.2, 0.25) is 11.8 Å². The summed E-state index contributed by atoms with van der Waals surface area (Å²) < 4.78 is 19.8. The number of aryl methyl sites for hydroxylation is 4. The Bertz CT molecular complexity index is 1530. The van der Waals surface area contributed by atoms with Gasteiger partial charge >= 0.3 is 0 Å². The Kier molecular flexibility index (Phi) is 7.14. The Labute approximate surface area is 224 Å². The number of hydrogen-bond donors (Lipinski definition) is 2. The number of benzene rings is 2. The van der Waals surface area contributed by atoms with Crippen LogP contribution in [0.4, 0.5) is 10.1 Å². The molecule has 0 saturated carbocycles. The molecule has 0 atom stereocenters. The number of amides is 1. The fourth-order valence-corrected chi connectivity index (χ4v) is 5.45. The van der Waals surface area contributed by atoms with E-state index in [0.29, 0.717) is 45.7 Å². The van der Waals surface area contributed by atoms with Crippen LogP contribution >= 0.6 is 11.8 Å². The Morgan fingerprint density at radius 3 is 2.47 bits per heavy atom. The highest BCUT2D eigenvalue weighted by atomic mass is 32.2. The Morgan fingerprint density at radius 2 is 1.79 bits per heavy atom. The van der Waals surface area contributed by atoms with Crippen LogP contribution in [0.5, 0.6) is 11.6 Å². The number of nitrogens with zero attached hydrogens (tertiary/aromatic N) is 3. The number of thioether (sulfide) groups is 1. The van der Waals surface area contributed by atoms with Crippen molar-refractivity contribution in [2.24, 2.45) is 0 Å². The van der Waals surface area contributed by atoms with Gasteiger partial charge in [0.25, 0.3) is 0 Å². The predicted octanol–water partition coefficient (Wildman–Crippen LogP) is 5.83. The quantitative estimate of drug-likeness (QED) is 0.211. The van der Waals surface area contributed by atoms with Crippen LogP contribution < -0.4 is 10.1 Å². The molecule has 0 unspecified atom stereocenters. The van der Waals surface area contributed by atoms with Gasteiger partial charge in [-0.15, -0.1) is 0 Å². The molecule has 9 heteroatoms. The summed E-state index contributed by atoms with van der Waals surface area (Å²) in [4.78, 5) is 26.7. The SMILES string of the molecule is Cc1cc(C)c(NC(=O)CSc2nc(-c3ccc(F)cc3)nc3c2Cc2c(CO)cnc(C)c2O3)c(C)c1. The molecule has 194 valence electrons. The predicted molar refractivity (Wildman–Crippen MR) is 145 cm³/mol. The summed E-state index contributed by atoms with van der Waals surface area (Å²) in [7, 11) is 0.